The van der Waals surface area contributed by atoms with Crippen molar-refractivity contribution in [3.05, 3.63) is 269 Å². The normalized spacial score (nSPS) is 14.3. The lowest BCUT2D eigenvalue weighted by molar-refractivity contribution is 0.660. The summed E-state index contributed by atoms with van der Waals surface area (Å²) in [5.74, 6) is 0. The Morgan fingerprint density at radius 2 is 1.00 bits per heavy atom. The maximum atomic E-state index is 2.56. The van der Waals surface area contributed by atoms with E-state index in [4.69, 9.17) is 0 Å². The second-order valence-electron chi connectivity index (χ2n) is 19.7. The predicted octanol–water partition coefficient (Wildman–Crippen LogP) is 18.5. The van der Waals surface area contributed by atoms with E-state index in [1.807, 2.05) is 22.7 Å². The molecule has 336 valence electrons. The van der Waals surface area contributed by atoms with E-state index >= 15 is 0 Å². The van der Waals surface area contributed by atoms with Crippen LogP contribution in [0.3, 0.4) is 0 Å². The van der Waals surface area contributed by atoms with Crippen molar-refractivity contribution in [2.75, 3.05) is 9.80 Å². The Morgan fingerprint density at radius 3 is 1.79 bits per heavy atom. The van der Waals surface area contributed by atoms with Crippen LogP contribution < -0.4 is 9.80 Å². The molecule has 0 unspecified atom stereocenters. The summed E-state index contributed by atoms with van der Waals surface area (Å²) < 4.78 is 2.46. The fraction of sp³-hybridized carbons (Fsp3) is 0.0606. The van der Waals surface area contributed by atoms with Gasteiger partial charge in [-0.1, -0.05) is 147 Å². The summed E-state index contributed by atoms with van der Waals surface area (Å²) in [6.07, 6.45) is 0. The molecule has 1 aliphatic heterocycles. The minimum atomic E-state index is -0.504. The minimum absolute atomic E-state index is 0.151. The lowest BCUT2D eigenvalue weighted by atomic mass is 9.65. The lowest BCUT2D eigenvalue weighted by Crippen LogP contribution is -2.36. The monoisotopic (exact) mass is 943 g/mol. The van der Waals surface area contributed by atoms with E-state index < -0.39 is 5.41 Å². The van der Waals surface area contributed by atoms with Crippen molar-refractivity contribution >= 4 is 78.6 Å². The highest BCUT2D eigenvalue weighted by Crippen LogP contribution is 2.66. The summed E-state index contributed by atoms with van der Waals surface area (Å²) in [7, 11) is 0. The number of anilines is 6. The fourth-order valence-corrected chi connectivity index (χ4v) is 14.8. The first-order valence-electron chi connectivity index (χ1n) is 24.5. The number of fused-ring (bicyclic) bond motifs is 15. The topological polar surface area (TPSA) is 11.4 Å². The van der Waals surface area contributed by atoms with Crippen LogP contribution >= 0.6 is 22.7 Å². The lowest BCUT2D eigenvalue weighted by Gasteiger charge is -2.44. The van der Waals surface area contributed by atoms with Gasteiger partial charge in [-0.25, -0.2) is 0 Å². The molecule has 3 nitrogen and oxygen atoms in total. The molecule has 4 heterocycles. The molecule has 3 aliphatic rings. The van der Waals surface area contributed by atoms with Gasteiger partial charge in [0.15, 0.2) is 0 Å². The maximum absolute atomic E-state index is 2.56. The van der Waals surface area contributed by atoms with Gasteiger partial charge in [0, 0.05) is 54.4 Å². The van der Waals surface area contributed by atoms with Gasteiger partial charge in [-0.05, 0) is 157 Å². The molecule has 2 aliphatic carbocycles. The van der Waals surface area contributed by atoms with Crippen molar-refractivity contribution < 1.29 is 0 Å². The van der Waals surface area contributed by atoms with Crippen LogP contribution in [-0.2, 0) is 10.8 Å². The third-order valence-electron chi connectivity index (χ3n) is 15.7. The molecule has 0 radical (unpaired) electrons. The fourth-order valence-electron chi connectivity index (χ4n) is 12.7. The van der Waals surface area contributed by atoms with Crippen LogP contribution in [0.4, 0.5) is 34.1 Å². The van der Waals surface area contributed by atoms with E-state index in [0.717, 1.165) is 28.4 Å². The summed E-state index contributed by atoms with van der Waals surface area (Å²) >= 11 is 3.74. The molecular weight excluding hydrogens is 899 g/mol. The van der Waals surface area contributed by atoms with Gasteiger partial charge in [0.05, 0.1) is 27.8 Å². The molecule has 5 heteroatoms. The van der Waals surface area contributed by atoms with Crippen LogP contribution in [0.5, 0.6) is 0 Å². The van der Waals surface area contributed by atoms with Gasteiger partial charge in [-0.3, -0.25) is 0 Å². The molecule has 0 amide bonds. The van der Waals surface area contributed by atoms with Crippen LogP contribution in [0.1, 0.15) is 47.2 Å². The van der Waals surface area contributed by atoms with Gasteiger partial charge in [0.25, 0.3) is 0 Å². The standard InChI is InChI=1S/C66H45N3S2/c1-65(2)53-24-11-9-22-49(53)50-33-32-48(39-57(50)65)67(45-30-28-43(29-31-45)42-16-5-3-6-17-42)46-20-15-21-47(38-46)69-60-27-14-12-25-54(60)66(55-34-36-70-63(55)64-56(66)35-37-71-64)58-40-52-51-23-10-13-26-59(51)68(61(52)41-62(58)69)44-18-7-4-8-19-44/h3-41H,1-2H3. The number of nitrogens with zero attached hydrogens (tertiary/aromatic N) is 3. The van der Waals surface area contributed by atoms with E-state index in [-0.39, 0.29) is 5.41 Å². The molecule has 0 N–H and O–H groups in total. The van der Waals surface area contributed by atoms with Crippen molar-refractivity contribution in [2.45, 2.75) is 24.7 Å². The number of benzene rings is 9. The Hall–Kier alpha value is -8.22. The largest absolute Gasteiger partial charge is 0.310 e. The van der Waals surface area contributed by atoms with E-state index in [1.165, 1.54) is 98.6 Å². The van der Waals surface area contributed by atoms with Crippen LogP contribution in [0, 0.1) is 0 Å². The highest BCUT2D eigenvalue weighted by atomic mass is 32.1. The number of hydrogen-bond donors (Lipinski definition) is 0. The Kier molecular flexibility index (Phi) is 8.67. The average Bonchev–Trinajstić information content (AvgIpc) is 4.27. The molecule has 15 rings (SSSR count). The molecule has 0 saturated heterocycles. The average molecular weight is 944 g/mol. The number of rotatable bonds is 6. The predicted molar refractivity (Wildman–Crippen MR) is 300 cm³/mol. The summed E-state index contributed by atoms with van der Waals surface area (Å²) in [6.45, 7) is 4.74. The van der Waals surface area contributed by atoms with Crippen LogP contribution in [0.2, 0.25) is 0 Å². The van der Waals surface area contributed by atoms with Gasteiger partial charge >= 0.3 is 0 Å². The number of hydrogen-bond acceptors (Lipinski definition) is 4. The molecule has 71 heavy (non-hydrogen) atoms. The second kappa shape index (κ2) is 15.1. The van der Waals surface area contributed by atoms with Crippen molar-refractivity contribution in [1.82, 2.24) is 4.57 Å². The molecule has 0 saturated carbocycles. The first-order chi connectivity index (χ1) is 35.0. The van der Waals surface area contributed by atoms with Gasteiger partial charge < -0.3 is 14.4 Å². The molecule has 0 bridgehead atoms. The SMILES string of the molecule is CC1(C)c2ccccc2-c2ccc(N(c3ccc(-c4ccccc4)cc3)c3cccc(N4c5ccccc5C5(c6cc7c8ccccc8n(-c8ccccc8)c7cc64)c4ccsc4-c4sccc45)c3)cc21. The summed E-state index contributed by atoms with van der Waals surface area (Å²) in [5.41, 5.74) is 22.8. The van der Waals surface area contributed by atoms with Crippen molar-refractivity contribution in [3.8, 4) is 37.7 Å². The van der Waals surface area contributed by atoms with E-state index in [0.29, 0.717) is 0 Å². The Balaban J connectivity index is 0.983. The maximum Gasteiger partial charge on any atom is 0.0771 e. The first kappa shape index (κ1) is 40.6. The van der Waals surface area contributed by atoms with Crippen molar-refractivity contribution in [3.63, 3.8) is 0 Å². The Morgan fingerprint density at radius 1 is 0.380 bits per heavy atom. The van der Waals surface area contributed by atoms with Gasteiger partial charge in [0.1, 0.15) is 0 Å². The van der Waals surface area contributed by atoms with E-state index in [9.17, 15) is 0 Å². The third-order valence-corrected chi connectivity index (χ3v) is 17.7. The van der Waals surface area contributed by atoms with E-state index in [2.05, 4.69) is 263 Å². The zero-order valence-electron chi connectivity index (χ0n) is 39.2. The molecule has 0 atom stereocenters. The highest BCUT2D eigenvalue weighted by Gasteiger charge is 2.53. The van der Waals surface area contributed by atoms with Crippen LogP contribution in [0.15, 0.2) is 235 Å². The minimum Gasteiger partial charge on any atom is -0.310 e. The highest BCUT2D eigenvalue weighted by molar-refractivity contribution is 7.21. The number of thiophene rings is 2. The number of para-hydroxylation sites is 3. The van der Waals surface area contributed by atoms with E-state index in [1.54, 1.807) is 0 Å². The summed E-state index contributed by atoms with van der Waals surface area (Å²) in [4.78, 5) is 7.78. The zero-order valence-corrected chi connectivity index (χ0v) is 40.8. The molecular formula is C66H45N3S2. The van der Waals surface area contributed by atoms with Crippen molar-refractivity contribution in [2.24, 2.45) is 0 Å². The Bertz CT molecular complexity index is 4060. The molecule has 0 fully saturated rings. The Labute approximate surface area is 421 Å². The van der Waals surface area contributed by atoms with Crippen molar-refractivity contribution in [1.29, 1.82) is 0 Å². The molecule has 9 aromatic carbocycles. The molecule has 1 spiro atoms. The quantitative estimate of drug-likeness (QED) is 0.165. The summed E-state index contributed by atoms with van der Waals surface area (Å²) in [6, 6.07) is 83.9. The second-order valence-corrected chi connectivity index (χ2v) is 21.5. The molecule has 3 aromatic heterocycles. The zero-order chi connectivity index (χ0) is 47.0. The van der Waals surface area contributed by atoms with Gasteiger partial charge in [-0.15, -0.1) is 22.7 Å². The smallest absolute Gasteiger partial charge is 0.0771 e. The van der Waals surface area contributed by atoms with Crippen LogP contribution in [-0.4, -0.2) is 4.57 Å². The molecule has 12 aromatic rings. The van der Waals surface area contributed by atoms with Crippen LogP contribution in [0.25, 0.3) is 59.5 Å². The third kappa shape index (κ3) is 5.64. The van der Waals surface area contributed by atoms with Gasteiger partial charge in [0.2, 0.25) is 0 Å². The van der Waals surface area contributed by atoms with Gasteiger partial charge in [-0.2, -0.15) is 0 Å². The first-order valence-corrected chi connectivity index (χ1v) is 26.2. The summed E-state index contributed by atoms with van der Waals surface area (Å²) in [5, 5.41) is 7.10. The number of aromatic nitrogens is 1.